The fourth-order valence-corrected chi connectivity index (χ4v) is 1.68. The van der Waals surface area contributed by atoms with E-state index in [1.807, 2.05) is 0 Å². The van der Waals surface area contributed by atoms with Crippen LogP contribution in [0.2, 0.25) is 0 Å². The van der Waals surface area contributed by atoms with E-state index < -0.39 is 0 Å². The van der Waals surface area contributed by atoms with E-state index in [4.69, 9.17) is 0 Å². The zero-order valence-corrected chi connectivity index (χ0v) is 9.27. The molecular formula is C11H14N4O2. The third-order valence-electron chi connectivity index (χ3n) is 2.60. The van der Waals surface area contributed by atoms with Crippen LogP contribution in [0.25, 0.3) is 0 Å². The molecule has 0 aromatic carbocycles. The number of nitrogens with zero attached hydrogens (tertiary/aromatic N) is 1. The van der Waals surface area contributed by atoms with Crippen molar-refractivity contribution in [1.82, 2.24) is 21.2 Å². The Morgan fingerprint density at radius 2 is 2.29 bits per heavy atom. The maximum absolute atomic E-state index is 11.6. The standard InChI is InChI=1S/C11H14N4O2/c16-10(8-3-1-5-12-7-8)14-15-11(17)9-4-2-6-13-9/h1,3,5,7,9,13H,2,4,6H2,(H,14,16)(H,15,17). The summed E-state index contributed by atoms with van der Waals surface area (Å²) < 4.78 is 0. The molecule has 1 unspecified atom stereocenters. The molecule has 0 radical (unpaired) electrons. The van der Waals surface area contributed by atoms with E-state index in [0.29, 0.717) is 5.56 Å². The van der Waals surface area contributed by atoms with Gasteiger partial charge in [0, 0.05) is 12.4 Å². The lowest BCUT2D eigenvalue weighted by Gasteiger charge is -2.11. The molecule has 1 aromatic rings. The van der Waals surface area contributed by atoms with Crippen molar-refractivity contribution < 1.29 is 9.59 Å². The Hall–Kier alpha value is -1.95. The Balaban J connectivity index is 1.82. The highest BCUT2D eigenvalue weighted by atomic mass is 16.2. The molecule has 1 fully saturated rings. The van der Waals surface area contributed by atoms with Crippen LogP contribution in [-0.2, 0) is 4.79 Å². The summed E-state index contributed by atoms with van der Waals surface area (Å²) in [6.07, 6.45) is 4.80. The normalized spacial score (nSPS) is 18.7. The number of hydrogen-bond donors (Lipinski definition) is 3. The molecule has 2 rings (SSSR count). The third-order valence-corrected chi connectivity index (χ3v) is 2.60. The fourth-order valence-electron chi connectivity index (χ4n) is 1.68. The van der Waals surface area contributed by atoms with Crippen molar-refractivity contribution in [1.29, 1.82) is 0 Å². The molecule has 1 atom stereocenters. The van der Waals surface area contributed by atoms with Gasteiger partial charge in [0.1, 0.15) is 0 Å². The van der Waals surface area contributed by atoms with Gasteiger partial charge in [-0.1, -0.05) is 0 Å². The van der Waals surface area contributed by atoms with E-state index in [2.05, 4.69) is 21.2 Å². The number of amides is 2. The van der Waals surface area contributed by atoms with Crippen molar-refractivity contribution in [3.63, 3.8) is 0 Å². The lowest BCUT2D eigenvalue weighted by Crippen LogP contribution is -2.49. The fraction of sp³-hybridized carbons (Fsp3) is 0.364. The van der Waals surface area contributed by atoms with Crippen molar-refractivity contribution in [3.8, 4) is 0 Å². The second-order valence-electron chi connectivity index (χ2n) is 3.83. The van der Waals surface area contributed by atoms with E-state index >= 15 is 0 Å². The van der Waals surface area contributed by atoms with Gasteiger partial charge in [0.15, 0.2) is 0 Å². The topological polar surface area (TPSA) is 83.1 Å². The number of carbonyl (C=O) groups is 2. The molecule has 0 spiro atoms. The summed E-state index contributed by atoms with van der Waals surface area (Å²) in [5.74, 6) is -0.579. The molecule has 6 nitrogen and oxygen atoms in total. The molecule has 1 aromatic heterocycles. The van der Waals surface area contributed by atoms with Crippen molar-refractivity contribution in [2.24, 2.45) is 0 Å². The van der Waals surface area contributed by atoms with Crippen molar-refractivity contribution in [3.05, 3.63) is 30.1 Å². The Kier molecular flexibility index (Phi) is 3.66. The van der Waals surface area contributed by atoms with Gasteiger partial charge < -0.3 is 5.32 Å². The van der Waals surface area contributed by atoms with Crippen LogP contribution in [0.1, 0.15) is 23.2 Å². The highest BCUT2D eigenvalue weighted by molar-refractivity contribution is 5.95. The smallest absolute Gasteiger partial charge is 0.271 e. The van der Waals surface area contributed by atoms with Gasteiger partial charge in [0.05, 0.1) is 11.6 Å². The molecule has 1 aliphatic rings. The molecule has 2 amide bonds. The summed E-state index contributed by atoms with van der Waals surface area (Å²) in [6, 6.07) is 3.08. The van der Waals surface area contributed by atoms with E-state index in [0.717, 1.165) is 19.4 Å². The van der Waals surface area contributed by atoms with Crippen LogP contribution >= 0.6 is 0 Å². The molecule has 0 saturated carbocycles. The van der Waals surface area contributed by atoms with Gasteiger partial charge in [-0.3, -0.25) is 25.4 Å². The van der Waals surface area contributed by atoms with Crippen LogP contribution in [-0.4, -0.2) is 29.4 Å². The minimum atomic E-state index is -0.371. The summed E-state index contributed by atoms with van der Waals surface area (Å²) in [5, 5.41) is 3.04. The van der Waals surface area contributed by atoms with E-state index in [-0.39, 0.29) is 17.9 Å². The van der Waals surface area contributed by atoms with Crippen molar-refractivity contribution in [2.75, 3.05) is 6.54 Å². The number of nitrogens with one attached hydrogen (secondary N) is 3. The largest absolute Gasteiger partial charge is 0.306 e. The van der Waals surface area contributed by atoms with Gasteiger partial charge >= 0.3 is 0 Å². The first-order chi connectivity index (χ1) is 8.27. The average Bonchev–Trinajstić information content (AvgIpc) is 2.90. The lowest BCUT2D eigenvalue weighted by atomic mass is 10.2. The van der Waals surface area contributed by atoms with Gasteiger partial charge in [0.25, 0.3) is 11.8 Å². The Bertz CT molecular complexity index is 401. The van der Waals surface area contributed by atoms with Crippen molar-refractivity contribution >= 4 is 11.8 Å². The van der Waals surface area contributed by atoms with Crippen LogP contribution in [0.3, 0.4) is 0 Å². The van der Waals surface area contributed by atoms with Crippen LogP contribution in [0.4, 0.5) is 0 Å². The predicted molar refractivity (Wildman–Crippen MR) is 60.9 cm³/mol. The quantitative estimate of drug-likeness (QED) is 0.608. The maximum Gasteiger partial charge on any atom is 0.271 e. The minimum Gasteiger partial charge on any atom is -0.306 e. The van der Waals surface area contributed by atoms with Crippen molar-refractivity contribution in [2.45, 2.75) is 18.9 Å². The van der Waals surface area contributed by atoms with E-state index in [1.54, 1.807) is 18.3 Å². The molecule has 90 valence electrons. The van der Waals surface area contributed by atoms with Gasteiger partial charge in [-0.2, -0.15) is 0 Å². The van der Waals surface area contributed by atoms with Gasteiger partial charge in [-0.15, -0.1) is 0 Å². The molecule has 17 heavy (non-hydrogen) atoms. The summed E-state index contributed by atoms with van der Waals surface area (Å²) in [6.45, 7) is 0.842. The molecule has 1 saturated heterocycles. The number of aromatic nitrogens is 1. The molecule has 1 aliphatic heterocycles. The SMILES string of the molecule is O=C(NNC(=O)C1CCCN1)c1cccnc1. The summed E-state index contributed by atoms with van der Waals surface area (Å²) in [4.78, 5) is 27.0. The third kappa shape index (κ3) is 3.01. The molecule has 0 bridgehead atoms. The molecule has 0 aliphatic carbocycles. The van der Waals surface area contributed by atoms with Gasteiger partial charge in [0.2, 0.25) is 0 Å². The van der Waals surface area contributed by atoms with Crippen LogP contribution in [0.5, 0.6) is 0 Å². The van der Waals surface area contributed by atoms with Crippen LogP contribution < -0.4 is 16.2 Å². The highest BCUT2D eigenvalue weighted by Crippen LogP contribution is 2.03. The van der Waals surface area contributed by atoms with Gasteiger partial charge in [-0.25, -0.2) is 0 Å². The maximum atomic E-state index is 11.6. The number of pyridine rings is 1. The number of hydrazine groups is 1. The Morgan fingerprint density at radius 1 is 1.41 bits per heavy atom. The van der Waals surface area contributed by atoms with Gasteiger partial charge in [-0.05, 0) is 31.5 Å². The Morgan fingerprint density at radius 3 is 2.94 bits per heavy atom. The lowest BCUT2D eigenvalue weighted by molar-refractivity contribution is -0.123. The van der Waals surface area contributed by atoms with E-state index in [9.17, 15) is 9.59 Å². The highest BCUT2D eigenvalue weighted by Gasteiger charge is 2.22. The predicted octanol–water partition coefficient (Wildman–Crippen LogP) is -0.405. The molecular weight excluding hydrogens is 220 g/mol. The Labute approximate surface area is 98.8 Å². The first kappa shape index (κ1) is 11.5. The number of hydrogen-bond acceptors (Lipinski definition) is 4. The summed E-state index contributed by atoms with van der Waals surface area (Å²) in [5.41, 5.74) is 5.16. The first-order valence-corrected chi connectivity index (χ1v) is 5.51. The second-order valence-corrected chi connectivity index (χ2v) is 3.83. The van der Waals surface area contributed by atoms with Crippen LogP contribution in [0, 0.1) is 0 Å². The minimum absolute atomic E-state index is 0.204. The average molecular weight is 234 g/mol. The molecule has 3 N–H and O–H groups in total. The molecule has 6 heteroatoms. The van der Waals surface area contributed by atoms with E-state index in [1.165, 1.54) is 6.20 Å². The zero-order valence-electron chi connectivity index (χ0n) is 9.27. The monoisotopic (exact) mass is 234 g/mol. The number of carbonyl (C=O) groups excluding carboxylic acids is 2. The van der Waals surface area contributed by atoms with Crippen LogP contribution in [0.15, 0.2) is 24.5 Å². The summed E-state index contributed by atoms with van der Waals surface area (Å²) >= 11 is 0. The zero-order chi connectivity index (χ0) is 12.1. The first-order valence-electron chi connectivity index (χ1n) is 5.51. The molecule has 2 heterocycles. The second kappa shape index (κ2) is 5.40. The number of rotatable bonds is 2. The summed E-state index contributed by atoms with van der Waals surface area (Å²) in [7, 11) is 0.